The smallest absolute Gasteiger partial charge is 0.253 e. The first-order valence-electron chi connectivity index (χ1n) is 15.8. The standard InChI is InChI=1S/C36H44ClN3O5/c1-6-20-38(22-25-12-10-9-11-13-25)32(42)29-30-33(43)40(28(23-41)24(4)5)31(36(30)19-18-35(29,8-3)45-36)34(44)39(21-7-2)27-16-14-26(37)15-17-27/h6-7,9-17,24,28-31,41H,1-2,8,18-23H2,3-5H3/t28-,29+,30-,31?,35-,36?/m0/s1. The number of aliphatic hydroxyl groups is 1. The second kappa shape index (κ2) is 13.1. The van der Waals surface area contributed by atoms with E-state index in [1.165, 1.54) is 0 Å². The lowest BCUT2D eigenvalue weighted by Crippen LogP contribution is -2.60. The molecule has 1 spiro atoms. The van der Waals surface area contributed by atoms with E-state index in [2.05, 4.69) is 13.2 Å². The molecular formula is C36H44ClN3O5. The minimum atomic E-state index is -1.23. The lowest BCUT2D eigenvalue weighted by molar-refractivity contribution is -0.154. The van der Waals surface area contributed by atoms with Crippen molar-refractivity contribution in [1.82, 2.24) is 9.80 Å². The molecule has 0 aliphatic carbocycles. The molecule has 0 aromatic heterocycles. The van der Waals surface area contributed by atoms with Gasteiger partial charge in [0, 0.05) is 30.3 Å². The molecule has 8 nitrogen and oxygen atoms in total. The van der Waals surface area contributed by atoms with Crippen LogP contribution in [-0.4, -0.2) is 75.6 Å². The SMILES string of the molecule is C=CCN(Cc1ccccc1)C(=O)[C@H]1[C@H]2C(=O)N([C@@H](CO)C(C)C)C(C(=O)N(CC=C)c3ccc(Cl)cc3)C23CC[C@]1(CC)O3. The van der Waals surface area contributed by atoms with Crippen molar-refractivity contribution < 1.29 is 24.2 Å². The number of hydrogen-bond acceptors (Lipinski definition) is 5. The third-order valence-electron chi connectivity index (χ3n) is 10.0. The van der Waals surface area contributed by atoms with Crippen LogP contribution in [0.1, 0.15) is 45.6 Å². The largest absolute Gasteiger partial charge is 0.394 e. The fourth-order valence-electron chi connectivity index (χ4n) is 7.90. The van der Waals surface area contributed by atoms with Crippen molar-refractivity contribution >= 4 is 35.0 Å². The second-order valence-corrected chi connectivity index (χ2v) is 13.2. The summed E-state index contributed by atoms with van der Waals surface area (Å²) in [6.45, 7) is 14.1. The summed E-state index contributed by atoms with van der Waals surface area (Å²) < 4.78 is 7.01. The van der Waals surface area contributed by atoms with Crippen LogP contribution in [0.3, 0.4) is 0 Å². The third-order valence-corrected chi connectivity index (χ3v) is 10.3. The van der Waals surface area contributed by atoms with Crippen LogP contribution in [0.25, 0.3) is 0 Å². The Kier molecular flexibility index (Phi) is 9.59. The number of halogens is 1. The van der Waals surface area contributed by atoms with Crippen molar-refractivity contribution in [3.63, 3.8) is 0 Å². The van der Waals surface area contributed by atoms with Crippen molar-refractivity contribution in [2.45, 2.75) is 69.9 Å². The van der Waals surface area contributed by atoms with Crippen LogP contribution in [0.5, 0.6) is 0 Å². The minimum absolute atomic E-state index is 0.158. The van der Waals surface area contributed by atoms with E-state index < -0.39 is 35.1 Å². The van der Waals surface area contributed by atoms with Gasteiger partial charge in [-0.25, -0.2) is 0 Å². The molecule has 0 saturated carbocycles. The normalized spacial score (nSPS) is 27.4. The van der Waals surface area contributed by atoms with E-state index in [0.717, 1.165) is 5.56 Å². The van der Waals surface area contributed by atoms with E-state index in [-0.39, 0.29) is 36.8 Å². The van der Waals surface area contributed by atoms with Crippen LogP contribution < -0.4 is 4.90 Å². The summed E-state index contributed by atoms with van der Waals surface area (Å²) >= 11 is 6.17. The summed E-state index contributed by atoms with van der Waals surface area (Å²) in [4.78, 5) is 49.2. The maximum absolute atomic E-state index is 14.9. The van der Waals surface area contributed by atoms with Crippen molar-refractivity contribution in [2.75, 3.05) is 24.6 Å². The average Bonchev–Trinajstić information content (AvgIpc) is 3.64. The molecule has 2 unspecified atom stereocenters. The number of rotatable bonds is 13. The zero-order chi connectivity index (χ0) is 32.5. The highest BCUT2D eigenvalue weighted by Gasteiger charge is 2.79. The van der Waals surface area contributed by atoms with E-state index in [1.54, 1.807) is 51.1 Å². The average molecular weight is 634 g/mol. The number of likely N-dealkylation sites (tertiary alicyclic amines) is 1. The number of amides is 3. The number of ether oxygens (including phenoxy) is 1. The number of hydrogen-bond donors (Lipinski definition) is 1. The predicted octanol–water partition coefficient (Wildman–Crippen LogP) is 5.25. The van der Waals surface area contributed by atoms with Gasteiger partial charge < -0.3 is 24.5 Å². The highest BCUT2D eigenvalue weighted by atomic mass is 35.5. The Balaban J connectivity index is 1.63. The van der Waals surface area contributed by atoms with Gasteiger partial charge in [-0.2, -0.15) is 0 Å². The molecule has 240 valence electrons. The van der Waals surface area contributed by atoms with Crippen molar-refractivity contribution in [2.24, 2.45) is 17.8 Å². The Labute approximate surface area is 271 Å². The van der Waals surface area contributed by atoms with Gasteiger partial charge >= 0.3 is 0 Å². The molecule has 3 aliphatic heterocycles. The lowest BCUT2D eigenvalue weighted by atomic mass is 9.64. The van der Waals surface area contributed by atoms with E-state index in [0.29, 0.717) is 43.1 Å². The summed E-state index contributed by atoms with van der Waals surface area (Å²) in [7, 11) is 0. The van der Waals surface area contributed by atoms with E-state index in [1.807, 2.05) is 51.1 Å². The molecule has 2 bridgehead atoms. The fourth-order valence-corrected chi connectivity index (χ4v) is 8.02. The number of benzene rings is 2. The lowest BCUT2D eigenvalue weighted by Gasteiger charge is -2.40. The molecule has 3 saturated heterocycles. The van der Waals surface area contributed by atoms with Crippen LogP contribution in [0, 0.1) is 17.8 Å². The fraction of sp³-hybridized carbons (Fsp3) is 0.472. The van der Waals surface area contributed by atoms with Gasteiger partial charge in [-0.1, -0.05) is 74.9 Å². The zero-order valence-electron chi connectivity index (χ0n) is 26.4. The first-order valence-corrected chi connectivity index (χ1v) is 16.2. The first kappa shape index (κ1) is 32.9. The Morgan fingerprint density at radius 3 is 2.31 bits per heavy atom. The van der Waals surface area contributed by atoms with Gasteiger partial charge in [-0.05, 0) is 55.0 Å². The highest BCUT2D eigenvalue weighted by Crippen LogP contribution is 2.65. The molecule has 0 radical (unpaired) electrons. The summed E-state index contributed by atoms with van der Waals surface area (Å²) in [5.41, 5.74) is -0.556. The predicted molar refractivity (Wildman–Crippen MR) is 175 cm³/mol. The number of fused-ring (bicyclic) bond motifs is 1. The third kappa shape index (κ3) is 5.51. The summed E-state index contributed by atoms with van der Waals surface area (Å²) in [5, 5.41) is 11.1. The van der Waals surface area contributed by atoms with Crippen molar-refractivity contribution in [3.05, 3.63) is 90.5 Å². The molecule has 2 aromatic carbocycles. The molecule has 45 heavy (non-hydrogen) atoms. The molecule has 1 N–H and O–H groups in total. The molecule has 3 heterocycles. The van der Waals surface area contributed by atoms with Crippen LogP contribution in [0.2, 0.25) is 5.02 Å². The van der Waals surface area contributed by atoms with Crippen LogP contribution in [0.4, 0.5) is 5.69 Å². The van der Waals surface area contributed by atoms with Crippen molar-refractivity contribution in [3.8, 4) is 0 Å². The van der Waals surface area contributed by atoms with E-state index in [9.17, 15) is 19.5 Å². The maximum Gasteiger partial charge on any atom is 0.253 e. The van der Waals surface area contributed by atoms with Gasteiger partial charge in [0.05, 0.1) is 30.1 Å². The second-order valence-electron chi connectivity index (χ2n) is 12.8. The first-order chi connectivity index (χ1) is 21.6. The van der Waals surface area contributed by atoms with E-state index in [4.69, 9.17) is 16.3 Å². The number of aliphatic hydroxyl groups excluding tert-OH is 1. The molecule has 6 atom stereocenters. The number of nitrogens with zero attached hydrogens (tertiary/aromatic N) is 3. The quantitative estimate of drug-likeness (QED) is 0.305. The number of carbonyl (C=O) groups is 3. The van der Waals surface area contributed by atoms with Crippen LogP contribution in [0.15, 0.2) is 79.9 Å². The topological polar surface area (TPSA) is 90.4 Å². The summed E-state index contributed by atoms with van der Waals surface area (Å²) in [6, 6.07) is 15.0. The van der Waals surface area contributed by atoms with Gasteiger partial charge in [-0.15, -0.1) is 13.2 Å². The number of carbonyl (C=O) groups excluding carboxylic acids is 3. The van der Waals surface area contributed by atoms with E-state index >= 15 is 0 Å². The molecule has 2 aromatic rings. The Hall–Kier alpha value is -3.46. The summed E-state index contributed by atoms with van der Waals surface area (Å²) in [6.07, 6.45) is 4.84. The minimum Gasteiger partial charge on any atom is -0.394 e. The molecule has 9 heteroatoms. The molecule has 3 amide bonds. The molecule has 5 rings (SSSR count). The van der Waals surface area contributed by atoms with Gasteiger partial charge in [0.15, 0.2) is 0 Å². The van der Waals surface area contributed by atoms with Gasteiger partial charge in [0.2, 0.25) is 11.8 Å². The monoisotopic (exact) mass is 633 g/mol. The van der Waals surface area contributed by atoms with Gasteiger partial charge in [-0.3, -0.25) is 14.4 Å². The highest BCUT2D eigenvalue weighted by molar-refractivity contribution is 6.30. The summed E-state index contributed by atoms with van der Waals surface area (Å²) in [5.74, 6) is -2.65. The molecule has 3 aliphatic rings. The van der Waals surface area contributed by atoms with Gasteiger partial charge in [0.1, 0.15) is 11.6 Å². The van der Waals surface area contributed by atoms with Crippen molar-refractivity contribution in [1.29, 1.82) is 0 Å². The Morgan fingerprint density at radius 1 is 1.07 bits per heavy atom. The molecule has 3 fully saturated rings. The number of anilines is 1. The molecular weight excluding hydrogens is 590 g/mol. The zero-order valence-corrected chi connectivity index (χ0v) is 27.2. The Morgan fingerprint density at radius 2 is 1.73 bits per heavy atom. The maximum atomic E-state index is 14.9. The van der Waals surface area contributed by atoms with Gasteiger partial charge in [0.25, 0.3) is 5.91 Å². The Bertz CT molecular complexity index is 1430. The van der Waals surface area contributed by atoms with Crippen LogP contribution in [-0.2, 0) is 25.7 Å². The van der Waals surface area contributed by atoms with Crippen LogP contribution >= 0.6 is 11.6 Å².